The van der Waals surface area contributed by atoms with Crippen LogP contribution in [0.5, 0.6) is 0 Å². The topological polar surface area (TPSA) is 51.2 Å². The zero-order valence-corrected chi connectivity index (χ0v) is 8.36. The van der Waals surface area contributed by atoms with Gasteiger partial charge in [0, 0.05) is 6.20 Å². The van der Waals surface area contributed by atoms with Gasteiger partial charge in [-0.3, -0.25) is 9.78 Å². The van der Waals surface area contributed by atoms with Crippen LogP contribution in [-0.2, 0) is 9.53 Å². The number of ether oxygens (including phenoxy) is 1. The van der Waals surface area contributed by atoms with E-state index in [9.17, 15) is 4.79 Å². The van der Waals surface area contributed by atoms with Crippen LogP contribution in [0.25, 0.3) is 0 Å². The van der Waals surface area contributed by atoms with Crippen molar-refractivity contribution in [1.82, 2.24) is 10.3 Å². The van der Waals surface area contributed by atoms with Gasteiger partial charge in [-0.1, -0.05) is 6.07 Å². The summed E-state index contributed by atoms with van der Waals surface area (Å²) in [6, 6.07) is 5.53. The lowest BCUT2D eigenvalue weighted by atomic mass is 10.1. The molecule has 4 heteroatoms. The molecule has 4 nitrogen and oxygen atoms in total. The number of rotatable bonds is 4. The molecule has 1 aromatic heterocycles. The van der Waals surface area contributed by atoms with Gasteiger partial charge in [-0.25, -0.2) is 0 Å². The van der Waals surface area contributed by atoms with E-state index in [1.807, 2.05) is 18.2 Å². The summed E-state index contributed by atoms with van der Waals surface area (Å²) in [6.07, 6.45) is 2.00. The second kappa shape index (κ2) is 5.34. The number of hydrogen-bond donors (Lipinski definition) is 1. The second-order valence-electron chi connectivity index (χ2n) is 2.88. The molecule has 0 saturated carbocycles. The molecule has 1 aromatic rings. The maximum Gasteiger partial charge on any atom is 0.307 e. The molecular weight excluding hydrogens is 180 g/mol. The molecule has 1 atom stereocenters. The molecule has 1 heterocycles. The minimum atomic E-state index is -0.241. The fourth-order valence-corrected chi connectivity index (χ4v) is 1.19. The summed E-state index contributed by atoms with van der Waals surface area (Å²) in [4.78, 5) is 15.2. The standard InChI is InChI=1S/C10H14N2O2/c1-11-9(7-10(13)14-2)8-5-3-4-6-12-8/h3-6,9,11H,7H2,1-2H3. The minimum Gasteiger partial charge on any atom is -0.469 e. The molecule has 0 aliphatic heterocycles. The molecule has 0 saturated heterocycles. The van der Waals surface area contributed by atoms with Gasteiger partial charge in [0.2, 0.25) is 0 Å². The lowest BCUT2D eigenvalue weighted by Crippen LogP contribution is -2.21. The molecular formula is C10H14N2O2. The number of carbonyl (C=O) groups excluding carboxylic acids is 1. The highest BCUT2D eigenvalue weighted by Gasteiger charge is 2.14. The monoisotopic (exact) mass is 194 g/mol. The molecule has 1 N–H and O–H groups in total. The van der Waals surface area contributed by atoms with E-state index in [0.717, 1.165) is 5.69 Å². The highest BCUT2D eigenvalue weighted by atomic mass is 16.5. The van der Waals surface area contributed by atoms with Crippen molar-refractivity contribution in [2.24, 2.45) is 0 Å². The van der Waals surface area contributed by atoms with Gasteiger partial charge >= 0.3 is 5.97 Å². The Morgan fingerprint density at radius 1 is 1.64 bits per heavy atom. The fourth-order valence-electron chi connectivity index (χ4n) is 1.19. The third-order valence-corrected chi connectivity index (χ3v) is 1.99. The first-order valence-corrected chi connectivity index (χ1v) is 4.43. The molecule has 0 amide bonds. The minimum absolute atomic E-state index is 0.0800. The smallest absolute Gasteiger partial charge is 0.307 e. The Balaban J connectivity index is 2.68. The lowest BCUT2D eigenvalue weighted by molar-refractivity contribution is -0.141. The highest BCUT2D eigenvalue weighted by molar-refractivity contribution is 5.70. The Labute approximate surface area is 83.3 Å². The van der Waals surface area contributed by atoms with Crippen LogP contribution >= 0.6 is 0 Å². The summed E-state index contributed by atoms with van der Waals surface area (Å²) < 4.78 is 4.60. The van der Waals surface area contributed by atoms with E-state index in [0.29, 0.717) is 6.42 Å². The van der Waals surface area contributed by atoms with Crippen molar-refractivity contribution in [3.05, 3.63) is 30.1 Å². The number of aromatic nitrogens is 1. The fraction of sp³-hybridized carbons (Fsp3) is 0.400. The van der Waals surface area contributed by atoms with Gasteiger partial charge in [0.05, 0.1) is 25.3 Å². The average molecular weight is 194 g/mol. The Bertz CT molecular complexity index is 287. The van der Waals surface area contributed by atoms with Crippen molar-refractivity contribution in [3.63, 3.8) is 0 Å². The number of hydrogen-bond acceptors (Lipinski definition) is 4. The average Bonchev–Trinajstić information content (AvgIpc) is 2.26. The number of esters is 1. The van der Waals surface area contributed by atoms with E-state index in [-0.39, 0.29) is 12.0 Å². The van der Waals surface area contributed by atoms with Crippen LogP contribution in [0.15, 0.2) is 24.4 Å². The number of pyridine rings is 1. The predicted octanol–water partition coefficient (Wildman–Crippen LogP) is 0.905. The van der Waals surface area contributed by atoms with Gasteiger partial charge < -0.3 is 10.1 Å². The van der Waals surface area contributed by atoms with E-state index in [1.54, 1.807) is 13.2 Å². The first kappa shape index (κ1) is 10.7. The van der Waals surface area contributed by atoms with E-state index < -0.39 is 0 Å². The number of carbonyl (C=O) groups is 1. The summed E-state index contributed by atoms with van der Waals surface area (Å²) in [5.41, 5.74) is 0.848. The summed E-state index contributed by atoms with van der Waals surface area (Å²) in [5, 5.41) is 3.02. The van der Waals surface area contributed by atoms with Gasteiger partial charge in [-0.05, 0) is 19.2 Å². The Kier molecular flexibility index (Phi) is 4.07. The van der Waals surface area contributed by atoms with Crippen molar-refractivity contribution in [2.45, 2.75) is 12.5 Å². The van der Waals surface area contributed by atoms with Gasteiger partial charge in [0.1, 0.15) is 0 Å². The van der Waals surface area contributed by atoms with Gasteiger partial charge in [0.25, 0.3) is 0 Å². The van der Waals surface area contributed by atoms with E-state index in [2.05, 4.69) is 15.0 Å². The molecule has 0 bridgehead atoms. The van der Waals surface area contributed by atoms with Gasteiger partial charge in [0.15, 0.2) is 0 Å². The molecule has 76 valence electrons. The largest absolute Gasteiger partial charge is 0.469 e. The van der Waals surface area contributed by atoms with Crippen LogP contribution in [-0.4, -0.2) is 25.1 Å². The third kappa shape index (κ3) is 2.81. The van der Waals surface area contributed by atoms with Crippen LogP contribution in [0.1, 0.15) is 18.2 Å². The van der Waals surface area contributed by atoms with Crippen molar-refractivity contribution in [3.8, 4) is 0 Å². The molecule has 0 aliphatic carbocycles. The van der Waals surface area contributed by atoms with Gasteiger partial charge in [-0.15, -0.1) is 0 Å². The van der Waals surface area contributed by atoms with Crippen LogP contribution < -0.4 is 5.32 Å². The van der Waals surface area contributed by atoms with E-state index in [4.69, 9.17) is 0 Å². The van der Waals surface area contributed by atoms with Crippen molar-refractivity contribution in [2.75, 3.05) is 14.2 Å². The molecule has 0 aliphatic rings. The zero-order chi connectivity index (χ0) is 10.4. The van der Waals surface area contributed by atoms with Crippen LogP contribution in [0.2, 0.25) is 0 Å². The first-order valence-electron chi connectivity index (χ1n) is 4.43. The van der Waals surface area contributed by atoms with E-state index in [1.165, 1.54) is 7.11 Å². The summed E-state index contributed by atoms with van der Waals surface area (Å²) in [5.74, 6) is -0.241. The Morgan fingerprint density at radius 3 is 2.93 bits per heavy atom. The molecule has 1 unspecified atom stereocenters. The summed E-state index contributed by atoms with van der Waals surface area (Å²) in [6.45, 7) is 0. The normalized spacial score (nSPS) is 12.1. The van der Waals surface area contributed by atoms with Crippen LogP contribution in [0, 0.1) is 0 Å². The van der Waals surface area contributed by atoms with E-state index >= 15 is 0 Å². The Morgan fingerprint density at radius 2 is 2.43 bits per heavy atom. The first-order chi connectivity index (χ1) is 6.77. The molecule has 0 radical (unpaired) electrons. The maximum absolute atomic E-state index is 11.1. The van der Waals surface area contributed by atoms with Crippen molar-refractivity contribution < 1.29 is 9.53 Å². The third-order valence-electron chi connectivity index (χ3n) is 1.99. The van der Waals surface area contributed by atoms with Crippen LogP contribution in [0.4, 0.5) is 0 Å². The quantitative estimate of drug-likeness (QED) is 0.724. The Hall–Kier alpha value is -1.42. The SMILES string of the molecule is CNC(CC(=O)OC)c1ccccn1. The summed E-state index contributed by atoms with van der Waals surface area (Å²) in [7, 11) is 3.18. The molecule has 0 fully saturated rings. The van der Waals surface area contributed by atoms with Gasteiger partial charge in [-0.2, -0.15) is 0 Å². The number of methoxy groups -OCH3 is 1. The molecule has 0 aromatic carbocycles. The maximum atomic E-state index is 11.1. The second-order valence-corrected chi connectivity index (χ2v) is 2.88. The summed E-state index contributed by atoms with van der Waals surface area (Å²) >= 11 is 0. The predicted molar refractivity (Wildman–Crippen MR) is 52.7 cm³/mol. The van der Waals surface area contributed by atoms with Crippen LogP contribution in [0.3, 0.4) is 0 Å². The molecule has 14 heavy (non-hydrogen) atoms. The zero-order valence-electron chi connectivity index (χ0n) is 8.36. The molecule has 1 rings (SSSR count). The van der Waals surface area contributed by atoms with Crippen molar-refractivity contribution in [1.29, 1.82) is 0 Å². The highest BCUT2D eigenvalue weighted by Crippen LogP contribution is 2.13. The molecule has 0 spiro atoms. The lowest BCUT2D eigenvalue weighted by Gasteiger charge is -2.13. The number of nitrogens with one attached hydrogen (secondary N) is 1. The van der Waals surface area contributed by atoms with Crippen molar-refractivity contribution >= 4 is 5.97 Å². The number of nitrogens with zero attached hydrogens (tertiary/aromatic N) is 1.